The van der Waals surface area contributed by atoms with Gasteiger partial charge >= 0.3 is 0 Å². The summed E-state index contributed by atoms with van der Waals surface area (Å²) in [5.41, 5.74) is 4.22. The van der Waals surface area contributed by atoms with Gasteiger partial charge in [0.15, 0.2) is 0 Å². The molecular formula is C28H24FN3O3. The van der Waals surface area contributed by atoms with Gasteiger partial charge in [0.2, 0.25) is 0 Å². The molecule has 1 aromatic heterocycles. The summed E-state index contributed by atoms with van der Waals surface area (Å²) in [6, 6.07) is 21.1. The van der Waals surface area contributed by atoms with E-state index >= 15 is 0 Å². The van der Waals surface area contributed by atoms with Crippen LogP contribution in [0, 0.1) is 12.7 Å². The molecule has 7 heteroatoms. The number of amides is 2. The molecule has 0 saturated carbocycles. The number of benzene rings is 3. The zero-order chi connectivity index (χ0) is 24.5. The van der Waals surface area contributed by atoms with E-state index in [1.807, 2.05) is 36.5 Å². The molecule has 2 heterocycles. The van der Waals surface area contributed by atoms with Gasteiger partial charge in [-0.15, -0.1) is 0 Å². The van der Waals surface area contributed by atoms with Crippen LogP contribution in [0.15, 0.2) is 79.0 Å². The number of methoxy groups -OCH3 is 1. The number of carbonyl (C=O) groups is 2. The second kappa shape index (κ2) is 9.10. The lowest BCUT2D eigenvalue weighted by Gasteiger charge is -2.24. The first-order chi connectivity index (χ1) is 17.0. The van der Waals surface area contributed by atoms with E-state index in [2.05, 4.69) is 16.0 Å². The number of nitrogens with zero attached hydrogens (tertiary/aromatic N) is 2. The molecule has 4 aromatic rings. The number of carbonyl (C=O) groups excluding carboxylic acids is 2. The van der Waals surface area contributed by atoms with Crippen LogP contribution in [0.5, 0.6) is 5.75 Å². The van der Waals surface area contributed by atoms with Gasteiger partial charge in [-0.25, -0.2) is 4.39 Å². The van der Waals surface area contributed by atoms with Crippen LogP contribution in [-0.4, -0.2) is 30.0 Å². The maximum Gasteiger partial charge on any atom is 0.262 e. The largest absolute Gasteiger partial charge is 0.496 e. The van der Waals surface area contributed by atoms with Crippen molar-refractivity contribution >= 4 is 23.2 Å². The number of ether oxygens (including phenoxy) is 1. The molecular weight excluding hydrogens is 445 g/mol. The second-order valence-corrected chi connectivity index (χ2v) is 8.35. The summed E-state index contributed by atoms with van der Waals surface area (Å²) in [5, 5.41) is 2.77. The Balaban J connectivity index is 1.45. The molecule has 1 aliphatic rings. The van der Waals surface area contributed by atoms with Crippen molar-refractivity contribution in [1.82, 2.24) is 4.57 Å². The van der Waals surface area contributed by atoms with E-state index in [1.54, 1.807) is 36.1 Å². The molecule has 35 heavy (non-hydrogen) atoms. The minimum atomic E-state index is -0.444. The third-order valence-electron chi connectivity index (χ3n) is 6.30. The number of halogens is 1. The highest BCUT2D eigenvalue weighted by atomic mass is 19.1. The molecule has 1 aliphatic heterocycles. The number of fused-ring (bicyclic) bond motifs is 3. The Kier molecular flexibility index (Phi) is 5.82. The molecule has 176 valence electrons. The first kappa shape index (κ1) is 22.4. The van der Waals surface area contributed by atoms with E-state index in [0.717, 1.165) is 17.1 Å². The second-order valence-electron chi connectivity index (χ2n) is 8.35. The fourth-order valence-corrected chi connectivity index (χ4v) is 4.45. The monoisotopic (exact) mass is 469 g/mol. The van der Waals surface area contributed by atoms with E-state index < -0.39 is 11.7 Å². The van der Waals surface area contributed by atoms with Crippen molar-refractivity contribution in [3.8, 4) is 11.4 Å². The number of aromatic nitrogens is 1. The van der Waals surface area contributed by atoms with Gasteiger partial charge in [0, 0.05) is 42.2 Å². The predicted octanol–water partition coefficient (Wildman–Crippen LogP) is 5.39. The zero-order valence-electron chi connectivity index (χ0n) is 19.4. The van der Waals surface area contributed by atoms with E-state index in [9.17, 15) is 14.0 Å². The Morgan fingerprint density at radius 1 is 0.943 bits per heavy atom. The van der Waals surface area contributed by atoms with Crippen molar-refractivity contribution in [2.75, 3.05) is 23.9 Å². The summed E-state index contributed by atoms with van der Waals surface area (Å²) in [6.07, 6.45) is 2.71. The maximum absolute atomic E-state index is 13.9. The van der Waals surface area contributed by atoms with Crippen molar-refractivity contribution in [3.63, 3.8) is 0 Å². The molecule has 6 nitrogen and oxygen atoms in total. The van der Waals surface area contributed by atoms with Crippen LogP contribution in [0.4, 0.5) is 15.8 Å². The highest BCUT2D eigenvalue weighted by molar-refractivity contribution is 6.10. The van der Waals surface area contributed by atoms with Gasteiger partial charge in [0.25, 0.3) is 11.8 Å². The van der Waals surface area contributed by atoms with Crippen LogP contribution in [0.1, 0.15) is 32.0 Å². The molecule has 0 aliphatic carbocycles. The van der Waals surface area contributed by atoms with Crippen LogP contribution in [0.3, 0.4) is 0 Å². The quantitative estimate of drug-likeness (QED) is 0.436. The first-order valence-corrected chi connectivity index (χ1v) is 11.3. The molecule has 5 rings (SSSR count). The summed E-state index contributed by atoms with van der Waals surface area (Å²) in [5.74, 6) is -0.740. The summed E-state index contributed by atoms with van der Waals surface area (Å²) in [7, 11) is 1.48. The van der Waals surface area contributed by atoms with Gasteiger partial charge in [-0.1, -0.05) is 18.2 Å². The molecule has 0 bridgehead atoms. The Hall–Kier alpha value is -4.39. The average Bonchev–Trinajstić information content (AvgIpc) is 3.28. The third kappa shape index (κ3) is 4.05. The van der Waals surface area contributed by atoms with E-state index in [4.69, 9.17) is 4.74 Å². The van der Waals surface area contributed by atoms with Crippen molar-refractivity contribution < 1.29 is 18.7 Å². The van der Waals surface area contributed by atoms with Crippen molar-refractivity contribution in [3.05, 3.63) is 107 Å². The normalized spacial score (nSPS) is 12.4. The lowest BCUT2D eigenvalue weighted by Crippen LogP contribution is -2.32. The van der Waals surface area contributed by atoms with E-state index in [0.29, 0.717) is 30.0 Å². The van der Waals surface area contributed by atoms with Gasteiger partial charge in [-0.3, -0.25) is 9.59 Å². The lowest BCUT2D eigenvalue weighted by atomic mass is 10.1. The Morgan fingerprint density at radius 2 is 1.74 bits per heavy atom. The average molecular weight is 470 g/mol. The number of hydrogen-bond donors (Lipinski definition) is 1. The minimum absolute atomic E-state index is 0.195. The van der Waals surface area contributed by atoms with Crippen LogP contribution < -0.4 is 15.0 Å². The molecule has 0 unspecified atom stereocenters. The van der Waals surface area contributed by atoms with Gasteiger partial charge in [-0.2, -0.15) is 0 Å². The number of para-hydroxylation sites is 2. The predicted molar refractivity (Wildman–Crippen MR) is 133 cm³/mol. The maximum atomic E-state index is 13.9. The molecule has 0 saturated heterocycles. The standard InChI is InChI=1S/C28H24FN3O3/c1-18-21(8-5-9-23(18)29)27(33)30-19-12-13-22(26(17-19)35-2)28(34)32-16-14-20-7-6-15-31(20)24-10-3-4-11-25(24)32/h3-13,15,17H,14,16H2,1-2H3,(H,30,33). The van der Waals surface area contributed by atoms with Crippen molar-refractivity contribution in [1.29, 1.82) is 0 Å². The zero-order valence-corrected chi connectivity index (χ0v) is 19.4. The highest BCUT2D eigenvalue weighted by Crippen LogP contribution is 2.33. The Labute approximate surface area is 202 Å². The summed E-state index contributed by atoms with van der Waals surface area (Å²) in [4.78, 5) is 28.2. The number of rotatable bonds is 4. The van der Waals surface area contributed by atoms with Crippen LogP contribution in [0.2, 0.25) is 0 Å². The third-order valence-corrected chi connectivity index (χ3v) is 6.30. The van der Waals surface area contributed by atoms with Crippen LogP contribution >= 0.6 is 0 Å². The Morgan fingerprint density at radius 3 is 2.54 bits per heavy atom. The molecule has 2 amide bonds. The molecule has 1 N–H and O–H groups in total. The smallest absolute Gasteiger partial charge is 0.262 e. The summed E-state index contributed by atoms with van der Waals surface area (Å²) >= 11 is 0. The SMILES string of the molecule is COc1cc(NC(=O)c2cccc(F)c2C)ccc1C(=O)N1CCc2cccn2-c2ccccc21. The fraction of sp³-hybridized carbons (Fsp3) is 0.143. The van der Waals surface area contributed by atoms with Gasteiger partial charge in [0.1, 0.15) is 11.6 Å². The van der Waals surface area contributed by atoms with E-state index in [1.165, 1.54) is 19.2 Å². The summed E-state index contributed by atoms with van der Waals surface area (Å²) < 4.78 is 21.5. The lowest BCUT2D eigenvalue weighted by molar-refractivity contribution is 0.0983. The molecule has 0 spiro atoms. The molecule has 0 atom stereocenters. The molecule has 0 radical (unpaired) electrons. The van der Waals surface area contributed by atoms with Crippen molar-refractivity contribution in [2.24, 2.45) is 0 Å². The van der Waals surface area contributed by atoms with Crippen LogP contribution in [-0.2, 0) is 6.42 Å². The minimum Gasteiger partial charge on any atom is -0.496 e. The molecule has 0 fully saturated rings. The van der Waals surface area contributed by atoms with Gasteiger partial charge < -0.3 is 19.5 Å². The van der Waals surface area contributed by atoms with Crippen molar-refractivity contribution in [2.45, 2.75) is 13.3 Å². The molecule has 3 aromatic carbocycles. The van der Waals surface area contributed by atoms with Crippen LogP contribution in [0.25, 0.3) is 5.69 Å². The number of anilines is 2. The van der Waals surface area contributed by atoms with Gasteiger partial charge in [0.05, 0.1) is 24.0 Å². The van der Waals surface area contributed by atoms with E-state index in [-0.39, 0.29) is 17.0 Å². The number of nitrogens with one attached hydrogen (secondary N) is 1. The fourth-order valence-electron chi connectivity index (χ4n) is 4.45. The summed E-state index contributed by atoms with van der Waals surface area (Å²) in [6.45, 7) is 2.07. The Bertz CT molecular complexity index is 1440. The highest BCUT2D eigenvalue weighted by Gasteiger charge is 2.27. The number of hydrogen-bond acceptors (Lipinski definition) is 3. The topological polar surface area (TPSA) is 63.6 Å². The van der Waals surface area contributed by atoms with Gasteiger partial charge in [-0.05, 0) is 61.0 Å². The first-order valence-electron chi connectivity index (χ1n) is 11.3.